The molecule has 1 unspecified atom stereocenters. The average Bonchev–Trinajstić information content (AvgIpc) is 2.25. The van der Waals surface area contributed by atoms with Crippen molar-refractivity contribution < 1.29 is 0 Å². The highest BCUT2D eigenvalue weighted by Crippen LogP contribution is 2.36. The molecule has 0 amide bonds. The molecule has 0 saturated heterocycles. The summed E-state index contributed by atoms with van der Waals surface area (Å²) in [5, 5.41) is 0.339. The Labute approximate surface area is 104 Å². The lowest BCUT2D eigenvalue weighted by Gasteiger charge is -2.25. The molecule has 88 valence electrons. The summed E-state index contributed by atoms with van der Waals surface area (Å²) in [6, 6.07) is 9.20. The number of halogens is 1. The average molecular weight is 237 g/mol. The van der Waals surface area contributed by atoms with Gasteiger partial charge in [-0.25, -0.2) is 0 Å². The van der Waals surface area contributed by atoms with E-state index in [9.17, 15) is 0 Å². The molecule has 0 heterocycles. The van der Waals surface area contributed by atoms with Crippen LogP contribution in [0.25, 0.3) is 0 Å². The number of aryl methyl sites for hydroxylation is 1. The molecule has 1 aromatic rings. The van der Waals surface area contributed by atoms with Crippen molar-refractivity contribution in [3.05, 3.63) is 35.4 Å². The largest absolute Gasteiger partial charge is 0.123 e. The van der Waals surface area contributed by atoms with Crippen LogP contribution in [0.1, 0.15) is 56.1 Å². The van der Waals surface area contributed by atoms with E-state index in [0.29, 0.717) is 5.38 Å². The molecular formula is C15H21Cl. The van der Waals surface area contributed by atoms with E-state index in [4.69, 9.17) is 11.6 Å². The second-order valence-electron chi connectivity index (χ2n) is 4.91. The Bertz CT molecular complexity index is 311. The normalized spacial score (nSPS) is 18.1. The van der Waals surface area contributed by atoms with E-state index in [0.717, 1.165) is 25.2 Å². The second kappa shape index (κ2) is 5.72. The summed E-state index contributed by atoms with van der Waals surface area (Å²) in [7, 11) is 0. The van der Waals surface area contributed by atoms with Crippen LogP contribution in [0.2, 0.25) is 0 Å². The topological polar surface area (TPSA) is 0 Å². The van der Waals surface area contributed by atoms with E-state index in [1.54, 1.807) is 0 Å². The number of hydrogen-bond acceptors (Lipinski definition) is 0. The summed E-state index contributed by atoms with van der Waals surface area (Å²) < 4.78 is 0. The third-order valence-corrected chi connectivity index (χ3v) is 4.27. The molecule has 0 aliphatic heterocycles. The maximum Gasteiger partial charge on any atom is 0.0336 e. The van der Waals surface area contributed by atoms with Gasteiger partial charge in [-0.3, -0.25) is 0 Å². The number of benzene rings is 1. The van der Waals surface area contributed by atoms with Gasteiger partial charge in [0.15, 0.2) is 0 Å². The number of hydrogen-bond donors (Lipinski definition) is 0. The highest BCUT2D eigenvalue weighted by atomic mass is 35.5. The Morgan fingerprint density at radius 3 is 2.44 bits per heavy atom. The molecule has 16 heavy (non-hydrogen) atoms. The molecule has 1 aliphatic rings. The van der Waals surface area contributed by atoms with Gasteiger partial charge in [-0.2, -0.15) is 0 Å². The lowest BCUT2D eigenvalue weighted by Crippen LogP contribution is -2.08. The van der Waals surface area contributed by atoms with Crippen LogP contribution < -0.4 is 0 Å². The minimum Gasteiger partial charge on any atom is -0.123 e. The Morgan fingerprint density at radius 2 is 1.94 bits per heavy atom. The van der Waals surface area contributed by atoms with E-state index in [1.165, 1.54) is 30.4 Å². The third kappa shape index (κ3) is 3.01. The Morgan fingerprint density at radius 1 is 1.25 bits per heavy atom. The van der Waals surface area contributed by atoms with Crippen LogP contribution in [-0.2, 0) is 6.42 Å². The molecule has 1 saturated carbocycles. The van der Waals surface area contributed by atoms with Crippen molar-refractivity contribution in [2.75, 3.05) is 0 Å². The first-order valence-electron chi connectivity index (χ1n) is 6.52. The maximum absolute atomic E-state index is 6.13. The predicted octanol–water partition coefficient (Wildman–Crippen LogP) is 4.90. The summed E-state index contributed by atoms with van der Waals surface area (Å²) in [4.78, 5) is 0. The first-order chi connectivity index (χ1) is 7.79. The van der Waals surface area contributed by atoms with Gasteiger partial charge in [0, 0.05) is 5.38 Å². The van der Waals surface area contributed by atoms with Gasteiger partial charge < -0.3 is 0 Å². The van der Waals surface area contributed by atoms with Crippen LogP contribution in [0.5, 0.6) is 0 Å². The van der Waals surface area contributed by atoms with Crippen LogP contribution in [-0.4, -0.2) is 5.38 Å². The molecule has 0 aromatic heterocycles. The van der Waals surface area contributed by atoms with E-state index < -0.39 is 0 Å². The molecule has 1 aliphatic carbocycles. The first-order valence-corrected chi connectivity index (χ1v) is 6.96. The molecule has 2 rings (SSSR count). The summed E-state index contributed by atoms with van der Waals surface area (Å²) >= 11 is 6.13. The monoisotopic (exact) mass is 236 g/mol. The fraction of sp³-hybridized carbons (Fsp3) is 0.600. The highest BCUT2D eigenvalue weighted by Gasteiger charge is 2.18. The standard InChI is InChI=1S/C15H21Cl/c1-2-15(16)11-8-12-6-9-14(10-7-12)13-4-3-5-13/h6-7,9-10,13,15H,2-5,8,11H2,1H3. The molecule has 1 aromatic carbocycles. The smallest absolute Gasteiger partial charge is 0.0336 e. The van der Waals surface area contributed by atoms with Crippen LogP contribution in [0.3, 0.4) is 0 Å². The number of rotatable bonds is 5. The lowest BCUT2D eigenvalue weighted by molar-refractivity contribution is 0.419. The van der Waals surface area contributed by atoms with Crippen molar-refractivity contribution >= 4 is 11.6 Å². The van der Waals surface area contributed by atoms with Gasteiger partial charge in [-0.05, 0) is 49.1 Å². The van der Waals surface area contributed by atoms with E-state index in [-0.39, 0.29) is 0 Å². The molecular weight excluding hydrogens is 216 g/mol. The fourth-order valence-electron chi connectivity index (χ4n) is 2.23. The predicted molar refractivity (Wildman–Crippen MR) is 71.3 cm³/mol. The molecule has 1 heteroatoms. The summed E-state index contributed by atoms with van der Waals surface area (Å²) in [6.45, 7) is 2.15. The molecule has 0 spiro atoms. The highest BCUT2D eigenvalue weighted by molar-refractivity contribution is 6.20. The SMILES string of the molecule is CCC(Cl)CCc1ccc(C2CCC2)cc1. The number of alkyl halides is 1. The van der Waals surface area contributed by atoms with Crippen LogP contribution in [0.4, 0.5) is 0 Å². The van der Waals surface area contributed by atoms with Crippen molar-refractivity contribution in [2.45, 2.75) is 56.7 Å². The van der Waals surface area contributed by atoms with Gasteiger partial charge in [0.2, 0.25) is 0 Å². The van der Waals surface area contributed by atoms with Gasteiger partial charge in [0.25, 0.3) is 0 Å². The molecule has 0 N–H and O–H groups in total. The van der Waals surface area contributed by atoms with Crippen molar-refractivity contribution in [2.24, 2.45) is 0 Å². The maximum atomic E-state index is 6.13. The summed E-state index contributed by atoms with van der Waals surface area (Å²) in [5.41, 5.74) is 2.97. The summed E-state index contributed by atoms with van der Waals surface area (Å²) in [5.74, 6) is 0.852. The summed E-state index contributed by atoms with van der Waals surface area (Å²) in [6.07, 6.45) is 7.48. The van der Waals surface area contributed by atoms with Crippen LogP contribution in [0.15, 0.2) is 24.3 Å². The van der Waals surface area contributed by atoms with Gasteiger partial charge in [0.1, 0.15) is 0 Å². The van der Waals surface area contributed by atoms with Gasteiger partial charge in [-0.15, -0.1) is 11.6 Å². The first kappa shape index (κ1) is 12.0. The van der Waals surface area contributed by atoms with Crippen LogP contribution in [0, 0.1) is 0 Å². The van der Waals surface area contributed by atoms with Crippen molar-refractivity contribution in [1.82, 2.24) is 0 Å². The van der Waals surface area contributed by atoms with Crippen molar-refractivity contribution in [1.29, 1.82) is 0 Å². The molecule has 1 atom stereocenters. The molecule has 0 radical (unpaired) electrons. The quantitative estimate of drug-likeness (QED) is 0.638. The third-order valence-electron chi connectivity index (χ3n) is 3.75. The minimum atomic E-state index is 0.339. The zero-order valence-electron chi connectivity index (χ0n) is 10.1. The zero-order chi connectivity index (χ0) is 11.4. The zero-order valence-corrected chi connectivity index (χ0v) is 10.8. The van der Waals surface area contributed by atoms with Crippen molar-refractivity contribution in [3.63, 3.8) is 0 Å². The van der Waals surface area contributed by atoms with E-state index in [2.05, 4.69) is 31.2 Å². The van der Waals surface area contributed by atoms with Crippen molar-refractivity contribution in [3.8, 4) is 0 Å². The Hall–Kier alpha value is -0.490. The Kier molecular flexibility index (Phi) is 4.29. The lowest BCUT2D eigenvalue weighted by atomic mass is 9.80. The van der Waals surface area contributed by atoms with Gasteiger partial charge >= 0.3 is 0 Å². The Balaban J connectivity index is 1.86. The molecule has 0 nitrogen and oxygen atoms in total. The van der Waals surface area contributed by atoms with Gasteiger partial charge in [0.05, 0.1) is 0 Å². The minimum absolute atomic E-state index is 0.339. The van der Waals surface area contributed by atoms with E-state index in [1.807, 2.05) is 0 Å². The van der Waals surface area contributed by atoms with E-state index >= 15 is 0 Å². The molecule has 0 bridgehead atoms. The second-order valence-corrected chi connectivity index (χ2v) is 5.53. The fourth-order valence-corrected chi connectivity index (χ4v) is 2.33. The van der Waals surface area contributed by atoms with Crippen LogP contribution >= 0.6 is 11.6 Å². The molecule has 1 fully saturated rings. The van der Waals surface area contributed by atoms with Gasteiger partial charge in [-0.1, -0.05) is 37.6 Å².